The van der Waals surface area contributed by atoms with E-state index in [0.717, 1.165) is 19.4 Å². The smallest absolute Gasteiger partial charge is 0.244 e. The Kier molecular flexibility index (Phi) is 4.13. The van der Waals surface area contributed by atoms with Crippen molar-refractivity contribution in [2.45, 2.75) is 36.7 Å². The van der Waals surface area contributed by atoms with E-state index < -0.39 is 10.0 Å². The van der Waals surface area contributed by atoms with E-state index in [-0.39, 0.29) is 16.7 Å². The van der Waals surface area contributed by atoms with E-state index in [1.165, 1.54) is 12.1 Å². The molecule has 2 rings (SSSR count). The van der Waals surface area contributed by atoms with Crippen LogP contribution in [0.4, 0.5) is 0 Å². The third-order valence-corrected chi connectivity index (χ3v) is 5.25. The molecule has 6 heteroatoms. The normalized spacial score (nSPS) is 25.4. The first-order chi connectivity index (χ1) is 8.90. The highest BCUT2D eigenvalue weighted by molar-refractivity contribution is 7.89. The fraction of sp³-hybridized carbons (Fsp3) is 0.538. The van der Waals surface area contributed by atoms with Crippen molar-refractivity contribution in [3.05, 3.63) is 24.3 Å². The lowest BCUT2D eigenvalue weighted by Crippen LogP contribution is -2.47. The molecule has 2 N–H and O–H groups in total. The lowest BCUT2D eigenvalue weighted by molar-refractivity contribution is 0.178. The van der Waals surface area contributed by atoms with Crippen molar-refractivity contribution in [3.8, 4) is 5.75 Å². The molecule has 1 aromatic carbocycles. The third kappa shape index (κ3) is 3.26. The van der Waals surface area contributed by atoms with Gasteiger partial charge in [0.2, 0.25) is 10.0 Å². The Morgan fingerprint density at radius 3 is 2.68 bits per heavy atom. The number of nitrogens with zero attached hydrogens (tertiary/aromatic N) is 1. The molecular weight excluding hydrogens is 264 g/mol. The molecule has 2 atom stereocenters. The molecule has 1 heterocycles. The van der Waals surface area contributed by atoms with E-state index in [4.69, 9.17) is 0 Å². The maximum Gasteiger partial charge on any atom is 0.244 e. The largest absolute Gasteiger partial charge is 0.507 e. The number of sulfonamides is 1. The second kappa shape index (κ2) is 5.48. The second-order valence-electron chi connectivity index (χ2n) is 5.14. The minimum Gasteiger partial charge on any atom is -0.507 e. The number of likely N-dealkylation sites (tertiary alicyclic amines) is 1. The van der Waals surface area contributed by atoms with Crippen molar-refractivity contribution < 1.29 is 13.5 Å². The van der Waals surface area contributed by atoms with Crippen LogP contribution in [0, 0.1) is 0 Å². The van der Waals surface area contributed by atoms with Crippen LogP contribution in [0.15, 0.2) is 29.2 Å². The van der Waals surface area contributed by atoms with Crippen LogP contribution in [0.3, 0.4) is 0 Å². The van der Waals surface area contributed by atoms with Gasteiger partial charge < -0.3 is 10.0 Å². The number of phenolic OH excluding ortho intramolecular Hbond substituents is 1. The first kappa shape index (κ1) is 14.3. The Morgan fingerprint density at radius 1 is 1.37 bits per heavy atom. The van der Waals surface area contributed by atoms with Crippen LogP contribution >= 0.6 is 0 Å². The molecule has 1 saturated heterocycles. The summed E-state index contributed by atoms with van der Waals surface area (Å²) in [7, 11) is -1.61. The highest BCUT2D eigenvalue weighted by atomic mass is 32.2. The summed E-state index contributed by atoms with van der Waals surface area (Å²) in [5, 5.41) is 9.64. The molecule has 5 nitrogen and oxygen atoms in total. The zero-order valence-corrected chi connectivity index (χ0v) is 12.0. The molecule has 1 aromatic rings. The molecule has 0 spiro atoms. The number of nitrogens with one attached hydrogen (secondary N) is 1. The lowest BCUT2D eigenvalue weighted by atomic mass is 10.0. The van der Waals surface area contributed by atoms with E-state index in [1.807, 2.05) is 7.05 Å². The van der Waals surface area contributed by atoms with Crippen LogP contribution in [0.2, 0.25) is 0 Å². The van der Waals surface area contributed by atoms with E-state index >= 15 is 0 Å². The second-order valence-corrected chi connectivity index (χ2v) is 6.82. The average molecular weight is 284 g/mol. The molecule has 106 valence electrons. The number of piperidine rings is 1. The number of hydrogen-bond acceptors (Lipinski definition) is 4. The fourth-order valence-corrected chi connectivity index (χ4v) is 3.74. The van der Waals surface area contributed by atoms with Crippen molar-refractivity contribution >= 4 is 10.0 Å². The molecular formula is C13H20N2O3S. The number of phenols is 1. The van der Waals surface area contributed by atoms with Gasteiger partial charge in [-0.3, -0.25) is 0 Å². The summed E-state index contributed by atoms with van der Waals surface area (Å²) in [4.78, 5) is 2.16. The van der Waals surface area contributed by atoms with Gasteiger partial charge in [0.1, 0.15) is 10.6 Å². The van der Waals surface area contributed by atoms with Crippen LogP contribution in [0.1, 0.15) is 19.8 Å². The van der Waals surface area contributed by atoms with Gasteiger partial charge in [0, 0.05) is 12.1 Å². The van der Waals surface area contributed by atoms with E-state index in [1.54, 1.807) is 12.1 Å². The van der Waals surface area contributed by atoms with Crippen molar-refractivity contribution in [2.75, 3.05) is 13.6 Å². The topological polar surface area (TPSA) is 69.6 Å². The summed E-state index contributed by atoms with van der Waals surface area (Å²) in [5.74, 6) is -0.212. The monoisotopic (exact) mass is 284 g/mol. The third-order valence-electron chi connectivity index (χ3n) is 3.68. The number of para-hydroxylation sites is 1. The van der Waals surface area contributed by atoms with Crippen molar-refractivity contribution in [1.82, 2.24) is 9.62 Å². The minimum atomic E-state index is -3.65. The standard InChI is InChI=1S/C13H20N2O3S/c1-10-9-11(7-8-15(10)2)14-19(17,18)13-6-4-3-5-12(13)16/h3-6,10-11,14,16H,7-9H2,1-2H3. The van der Waals surface area contributed by atoms with Crippen molar-refractivity contribution in [1.29, 1.82) is 0 Å². The van der Waals surface area contributed by atoms with Gasteiger partial charge in [-0.2, -0.15) is 0 Å². The molecule has 0 amide bonds. The van der Waals surface area contributed by atoms with Crippen LogP contribution in [-0.4, -0.2) is 44.1 Å². The Balaban J connectivity index is 2.12. The highest BCUT2D eigenvalue weighted by Crippen LogP contribution is 2.23. The van der Waals surface area contributed by atoms with Crippen LogP contribution in [0.5, 0.6) is 5.75 Å². The summed E-state index contributed by atoms with van der Waals surface area (Å²) in [6.07, 6.45) is 1.57. The molecule has 0 aliphatic carbocycles. The first-order valence-corrected chi connectivity index (χ1v) is 7.89. The van der Waals surface area contributed by atoms with Crippen LogP contribution in [0.25, 0.3) is 0 Å². The van der Waals surface area contributed by atoms with Gasteiger partial charge in [0.15, 0.2) is 0 Å². The Morgan fingerprint density at radius 2 is 2.05 bits per heavy atom. The molecule has 0 aromatic heterocycles. The van der Waals surface area contributed by atoms with Gasteiger partial charge in [0.25, 0.3) is 0 Å². The molecule has 2 unspecified atom stereocenters. The SMILES string of the molecule is CC1CC(NS(=O)(=O)c2ccccc2O)CCN1C. The summed E-state index contributed by atoms with van der Waals surface area (Å²) in [5.41, 5.74) is 0. The van der Waals surface area contributed by atoms with Gasteiger partial charge in [0.05, 0.1) is 0 Å². The summed E-state index contributed by atoms with van der Waals surface area (Å²) in [6, 6.07) is 6.28. The quantitative estimate of drug-likeness (QED) is 0.873. The number of rotatable bonds is 3. The Bertz CT molecular complexity index is 545. The maximum absolute atomic E-state index is 12.2. The number of benzene rings is 1. The van der Waals surface area contributed by atoms with Crippen LogP contribution in [-0.2, 0) is 10.0 Å². The summed E-state index contributed by atoms with van der Waals surface area (Å²) < 4.78 is 27.1. The molecule has 0 bridgehead atoms. The van der Waals surface area contributed by atoms with Gasteiger partial charge in [-0.15, -0.1) is 0 Å². The van der Waals surface area contributed by atoms with Crippen LogP contribution < -0.4 is 4.72 Å². The Hall–Kier alpha value is -1.11. The van der Waals surface area contributed by atoms with Gasteiger partial charge in [-0.25, -0.2) is 13.1 Å². The molecule has 0 radical (unpaired) electrons. The lowest BCUT2D eigenvalue weighted by Gasteiger charge is -2.35. The van der Waals surface area contributed by atoms with E-state index in [2.05, 4.69) is 16.5 Å². The zero-order chi connectivity index (χ0) is 14.0. The fourth-order valence-electron chi connectivity index (χ4n) is 2.36. The minimum absolute atomic E-state index is 0.0541. The maximum atomic E-state index is 12.2. The van der Waals surface area contributed by atoms with E-state index in [0.29, 0.717) is 6.04 Å². The summed E-state index contributed by atoms with van der Waals surface area (Å²) in [6.45, 7) is 2.95. The predicted molar refractivity (Wildman–Crippen MR) is 73.5 cm³/mol. The number of aromatic hydroxyl groups is 1. The molecule has 1 aliphatic heterocycles. The molecule has 0 saturated carbocycles. The summed E-state index contributed by atoms with van der Waals surface area (Å²) >= 11 is 0. The van der Waals surface area contributed by atoms with Crippen molar-refractivity contribution in [3.63, 3.8) is 0 Å². The van der Waals surface area contributed by atoms with Gasteiger partial charge >= 0.3 is 0 Å². The molecule has 1 aliphatic rings. The zero-order valence-electron chi connectivity index (χ0n) is 11.2. The molecule has 1 fully saturated rings. The van der Waals surface area contributed by atoms with Crippen molar-refractivity contribution in [2.24, 2.45) is 0 Å². The highest BCUT2D eigenvalue weighted by Gasteiger charge is 2.28. The predicted octanol–water partition coefficient (Wildman–Crippen LogP) is 1.15. The average Bonchev–Trinajstić information content (AvgIpc) is 2.34. The van der Waals surface area contributed by atoms with E-state index in [9.17, 15) is 13.5 Å². The van der Waals surface area contributed by atoms with Gasteiger partial charge in [-0.1, -0.05) is 12.1 Å². The van der Waals surface area contributed by atoms with Gasteiger partial charge in [-0.05, 0) is 45.5 Å². The Labute approximate surface area is 114 Å². The first-order valence-electron chi connectivity index (χ1n) is 6.40. The number of hydrogen-bond donors (Lipinski definition) is 2. The molecule has 19 heavy (non-hydrogen) atoms.